The van der Waals surface area contributed by atoms with Crippen molar-refractivity contribution >= 4 is 28.6 Å². The van der Waals surface area contributed by atoms with Gasteiger partial charge < -0.3 is 19.6 Å². The number of ether oxygens (including phenoxy) is 1. The highest BCUT2D eigenvalue weighted by molar-refractivity contribution is 6.04. The summed E-state index contributed by atoms with van der Waals surface area (Å²) in [6, 6.07) is 13.7. The van der Waals surface area contributed by atoms with Crippen LogP contribution < -0.4 is 15.7 Å². The number of amides is 1. The lowest BCUT2D eigenvalue weighted by Gasteiger charge is -2.06. The second-order valence-electron chi connectivity index (χ2n) is 5.43. The van der Waals surface area contributed by atoms with Crippen molar-refractivity contribution in [2.75, 3.05) is 11.9 Å². The zero-order valence-corrected chi connectivity index (χ0v) is 14.1. The number of benzene rings is 2. The van der Waals surface area contributed by atoms with Crippen LogP contribution in [0.15, 0.2) is 63.8 Å². The number of carbonyl (C=O) groups excluding carboxylic acids is 1. The van der Waals surface area contributed by atoms with Crippen LogP contribution in [-0.4, -0.2) is 17.6 Å². The smallest absolute Gasteiger partial charge is 0.364 e. The molecule has 0 aliphatic heterocycles. The van der Waals surface area contributed by atoms with E-state index in [0.29, 0.717) is 12.0 Å². The molecule has 0 spiro atoms. The Bertz CT molecular complexity index is 1020. The number of hydrogen-bond donors (Lipinski definition) is 2. The average Bonchev–Trinajstić information content (AvgIpc) is 2.65. The number of fused-ring (bicyclic) bond motifs is 1. The van der Waals surface area contributed by atoms with E-state index in [1.807, 2.05) is 6.92 Å². The van der Waals surface area contributed by atoms with Crippen LogP contribution in [0.1, 0.15) is 12.5 Å². The predicted molar refractivity (Wildman–Crippen MR) is 99.4 cm³/mol. The summed E-state index contributed by atoms with van der Waals surface area (Å²) in [5.74, 6) is -0.135. The maximum Gasteiger partial charge on any atom is 0.364 e. The first-order valence-corrected chi connectivity index (χ1v) is 8.05. The van der Waals surface area contributed by atoms with Crippen molar-refractivity contribution in [2.24, 2.45) is 0 Å². The summed E-state index contributed by atoms with van der Waals surface area (Å²) < 4.78 is 10.5. The molecule has 3 rings (SSSR count). The second kappa shape index (κ2) is 7.57. The van der Waals surface area contributed by atoms with E-state index in [-0.39, 0.29) is 17.0 Å². The summed E-state index contributed by atoms with van der Waals surface area (Å²) in [6.07, 6.45) is 2.86. The number of nitrogens with one attached hydrogen (secondary N) is 1. The molecule has 1 heterocycles. The first-order chi connectivity index (χ1) is 12.6. The highest BCUT2D eigenvalue weighted by Gasteiger charge is 2.15. The molecule has 1 amide bonds. The third-order valence-corrected chi connectivity index (χ3v) is 3.65. The van der Waals surface area contributed by atoms with Crippen LogP contribution in [0.4, 0.5) is 5.69 Å². The van der Waals surface area contributed by atoms with Crippen molar-refractivity contribution < 1.29 is 19.1 Å². The summed E-state index contributed by atoms with van der Waals surface area (Å²) >= 11 is 0. The Labute approximate surface area is 149 Å². The fourth-order valence-corrected chi connectivity index (χ4v) is 2.42. The molecule has 2 aromatic carbocycles. The zero-order valence-electron chi connectivity index (χ0n) is 14.1. The number of hydrogen-bond acceptors (Lipinski definition) is 5. The minimum absolute atomic E-state index is 0.248. The maximum absolute atomic E-state index is 12.1. The van der Waals surface area contributed by atoms with Gasteiger partial charge in [-0.2, -0.15) is 0 Å². The van der Waals surface area contributed by atoms with Gasteiger partial charge in [-0.1, -0.05) is 24.3 Å². The van der Waals surface area contributed by atoms with Crippen molar-refractivity contribution in [3.05, 3.63) is 70.6 Å². The number of aromatic hydroxyl groups is 1. The quantitative estimate of drug-likeness (QED) is 0.542. The lowest BCUT2D eigenvalue weighted by Crippen LogP contribution is -2.15. The van der Waals surface area contributed by atoms with Crippen molar-refractivity contribution in [3.63, 3.8) is 0 Å². The lowest BCUT2D eigenvalue weighted by atomic mass is 10.2. The van der Waals surface area contributed by atoms with E-state index in [2.05, 4.69) is 5.32 Å². The Kier molecular flexibility index (Phi) is 5.03. The second-order valence-corrected chi connectivity index (χ2v) is 5.43. The molecule has 26 heavy (non-hydrogen) atoms. The normalized spacial score (nSPS) is 11.0. The summed E-state index contributed by atoms with van der Waals surface area (Å²) in [7, 11) is 0. The van der Waals surface area contributed by atoms with Crippen molar-refractivity contribution in [3.8, 4) is 11.5 Å². The van der Waals surface area contributed by atoms with Crippen LogP contribution in [0.25, 0.3) is 17.0 Å². The van der Waals surface area contributed by atoms with E-state index >= 15 is 0 Å². The van der Waals surface area contributed by atoms with Crippen LogP contribution in [-0.2, 0) is 4.79 Å². The average molecular weight is 351 g/mol. The van der Waals surface area contributed by atoms with E-state index < -0.39 is 11.5 Å². The van der Waals surface area contributed by atoms with Crippen LogP contribution in [0.3, 0.4) is 0 Å². The Balaban J connectivity index is 1.77. The predicted octanol–water partition coefficient (Wildman–Crippen LogP) is 3.55. The first-order valence-electron chi connectivity index (χ1n) is 8.05. The molecular weight excluding hydrogens is 334 g/mol. The Morgan fingerprint density at radius 3 is 2.65 bits per heavy atom. The molecule has 0 fully saturated rings. The molecular formula is C20H17NO5. The maximum atomic E-state index is 12.1. The van der Waals surface area contributed by atoms with Gasteiger partial charge in [0, 0.05) is 6.08 Å². The van der Waals surface area contributed by atoms with Crippen molar-refractivity contribution in [2.45, 2.75) is 6.92 Å². The lowest BCUT2D eigenvalue weighted by molar-refractivity contribution is -0.111. The largest absolute Gasteiger partial charge is 0.505 e. The summed E-state index contributed by atoms with van der Waals surface area (Å²) in [5, 5.41) is 12.9. The summed E-state index contributed by atoms with van der Waals surface area (Å²) in [4.78, 5) is 24.1. The molecule has 2 N–H and O–H groups in total. The molecule has 6 heteroatoms. The first kappa shape index (κ1) is 17.3. The molecule has 3 aromatic rings. The van der Waals surface area contributed by atoms with Gasteiger partial charge in [0.15, 0.2) is 11.4 Å². The van der Waals surface area contributed by atoms with E-state index in [0.717, 1.165) is 11.3 Å². The topological polar surface area (TPSA) is 88.8 Å². The number of carbonyl (C=O) groups is 1. The van der Waals surface area contributed by atoms with Gasteiger partial charge in [0.25, 0.3) is 0 Å². The molecule has 132 valence electrons. The minimum atomic E-state index is -0.816. The molecule has 0 aliphatic rings. The van der Waals surface area contributed by atoms with Crippen LogP contribution in [0.2, 0.25) is 0 Å². The SMILES string of the molecule is CCOc1ccc(/C=C/C(=O)Nc2c(O)c3ccccc3oc2=O)cc1. The highest BCUT2D eigenvalue weighted by atomic mass is 16.5. The highest BCUT2D eigenvalue weighted by Crippen LogP contribution is 2.29. The zero-order chi connectivity index (χ0) is 18.5. The Morgan fingerprint density at radius 2 is 1.92 bits per heavy atom. The van der Waals surface area contributed by atoms with Crippen LogP contribution >= 0.6 is 0 Å². The molecule has 1 aromatic heterocycles. The molecule has 6 nitrogen and oxygen atoms in total. The molecule has 0 unspecified atom stereocenters. The number of para-hydroxylation sites is 1. The standard InChI is InChI=1S/C20H17NO5/c1-2-25-14-10-7-13(8-11-14)9-12-17(22)21-18-19(23)15-5-3-4-6-16(15)26-20(18)24/h3-12,23H,2H2,1H3,(H,21,22)/b12-9+. The van der Waals surface area contributed by atoms with Gasteiger partial charge in [0.2, 0.25) is 5.91 Å². The molecule has 0 atom stereocenters. The van der Waals surface area contributed by atoms with E-state index in [9.17, 15) is 14.7 Å². The van der Waals surface area contributed by atoms with Gasteiger partial charge in [-0.05, 0) is 42.8 Å². The third-order valence-electron chi connectivity index (χ3n) is 3.65. The van der Waals surface area contributed by atoms with Gasteiger partial charge >= 0.3 is 5.63 Å². The fourth-order valence-electron chi connectivity index (χ4n) is 2.42. The van der Waals surface area contributed by atoms with Crippen molar-refractivity contribution in [1.29, 1.82) is 0 Å². The molecule has 0 saturated carbocycles. The molecule has 0 radical (unpaired) electrons. The van der Waals surface area contributed by atoms with Gasteiger partial charge in [0.05, 0.1) is 12.0 Å². The van der Waals surface area contributed by atoms with E-state index in [1.165, 1.54) is 6.08 Å². The Morgan fingerprint density at radius 1 is 1.19 bits per heavy atom. The number of anilines is 1. The van der Waals surface area contributed by atoms with E-state index in [4.69, 9.17) is 9.15 Å². The Hall–Kier alpha value is -3.54. The van der Waals surface area contributed by atoms with Crippen LogP contribution in [0, 0.1) is 0 Å². The third kappa shape index (κ3) is 3.75. The molecule has 0 aliphatic carbocycles. The number of rotatable bonds is 5. The fraction of sp³-hybridized carbons (Fsp3) is 0.100. The van der Waals surface area contributed by atoms with E-state index in [1.54, 1.807) is 54.6 Å². The van der Waals surface area contributed by atoms with Crippen LogP contribution in [0.5, 0.6) is 11.5 Å². The van der Waals surface area contributed by atoms with Gasteiger partial charge in [-0.3, -0.25) is 4.79 Å². The minimum Gasteiger partial charge on any atom is -0.505 e. The summed E-state index contributed by atoms with van der Waals surface area (Å²) in [5.41, 5.74) is -0.0645. The monoisotopic (exact) mass is 351 g/mol. The van der Waals surface area contributed by atoms with Gasteiger partial charge in [-0.15, -0.1) is 0 Å². The van der Waals surface area contributed by atoms with Crippen molar-refractivity contribution in [1.82, 2.24) is 0 Å². The van der Waals surface area contributed by atoms with Gasteiger partial charge in [-0.25, -0.2) is 4.79 Å². The summed E-state index contributed by atoms with van der Waals surface area (Å²) in [6.45, 7) is 2.48. The van der Waals surface area contributed by atoms with Gasteiger partial charge in [0.1, 0.15) is 11.3 Å². The molecule has 0 saturated heterocycles. The molecule has 0 bridgehead atoms.